The maximum Gasteiger partial charge on any atom is 0.229 e. The Hall–Kier alpha value is -3.24. The van der Waals surface area contributed by atoms with Crippen molar-refractivity contribution in [1.29, 1.82) is 0 Å². The van der Waals surface area contributed by atoms with Crippen LogP contribution >= 0.6 is 0 Å². The van der Waals surface area contributed by atoms with Crippen molar-refractivity contribution < 1.29 is 13.5 Å². The lowest BCUT2D eigenvalue weighted by Crippen LogP contribution is -2.36. The molecule has 2 unspecified atom stereocenters. The number of anilines is 2. The maximum atomic E-state index is 15.2. The van der Waals surface area contributed by atoms with Gasteiger partial charge in [0.25, 0.3) is 0 Å². The minimum Gasteiger partial charge on any atom is -0.373 e. The number of piperidine rings is 1. The Morgan fingerprint density at radius 3 is 2.52 bits per heavy atom. The average molecular weight is 552 g/mol. The molecule has 2 atom stereocenters. The molecular formula is C30H39F2N7O. The van der Waals surface area contributed by atoms with Gasteiger partial charge < -0.3 is 19.5 Å². The van der Waals surface area contributed by atoms with Gasteiger partial charge in [0.15, 0.2) is 5.82 Å². The van der Waals surface area contributed by atoms with Gasteiger partial charge in [-0.1, -0.05) is 13.0 Å². The minimum absolute atomic E-state index is 0.00100. The minimum atomic E-state index is -1.33. The standard InChI is InChI=1S/C30H39F2N7O/c1-6-38-12-10-20(11-13-38)29(40-7-2)21-8-9-26(33-16-21)36-30-34-17-24(32)27(37-30)22-14-23(31)28-25(15-22)39(18(3)4)19(5)35-28/h8-9,15-18,20,23,29H,6-7,10-14H2,1-5H3,(H,33,34,36,37). The van der Waals surface area contributed by atoms with Crippen LogP contribution in [0.4, 0.5) is 20.5 Å². The van der Waals surface area contributed by atoms with Gasteiger partial charge in [0, 0.05) is 25.3 Å². The van der Waals surface area contributed by atoms with Crippen molar-refractivity contribution in [3.05, 3.63) is 58.8 Å². The Labute approximate surface area is 234 Å². The molecule has 40 heavy (non-hydrogen) atoms. The third-order valence-electron chi connectivity index (χ3n) is 7.93. The van der Waals surface area contributed by atoms with Crippen LogP contribution < -0.4 is 5.32 Å². The third kappa shape index (κ3) is 5.78. The summed E-state index contributed by atoms with van der Waals surface area (Å²) in [5, 5.41) is 3.08. The number of nitrogens with one attached hydrogen (secondary N) is 1. The smallest absolute Gasteiger partial charge is 0.229 e. The predicted octanol–water partition coefficient (Wildman–Crippen LogP) is 6.60. The van der Waals surface area contributed by atoms with Gasteiger partial charge in [-0.3, -0.25) is 0 Å². The Morgan fingerprint density at radius 2 is 1.88 bits per heavy atom. The molecule has 0 amide bonds. The number of rotatable bonds is 9. The number of pyridine rings is 1. The number of likely N-dealkylation sites (tertiary alicyclic amines) is 1. The SMILES string of the molecule is CCOC(c1ccc(Nc2ncc(F)c(C3=Cc4c(nc(C)n4C(C)C)C(F)C3)n2)nc1)C1CCN(CC)CC1. The molecule has 0 spiro atoms. The number of allylic oxidation sites excluding steroid dienone is 1. The summed E-state index contributed by atoms with van der Waals surface area (Å²) >= 11 is 0. The summed E-state index contributed by atoms with van der Waals surface area (Å²) in [6.07, 6.45) is 5.60. The molecule has 3 aromatic rings. The molecule has 214 valence electrons. The van der Waals surface area contributed by atoms with Gasteiger partial charge in [0.1, 0.15) is 29.2 Å². The topological polar surface area (TPSA) is 81.0 Å². The highest BCUT2D eigenvalue weighted by Crippen LogP contribution is 2.40. The van der Waals surface area contributed by atoms with Crippen LogP contribution in [0.2, 0.25) is 0 Å². The van der Waals surface area contributed by atoms with Gasteiger partial charge in [-0.15, -0.1) is 0 Å². The molecule has 0 radical (unpaired) electrons. The summed E-state index contributed by atoms with van der Waals surface area (Å²) in [4.78, 5) is 20.0. The highest BCUT2D eigenvalue weighted by molar-refractivity contribution is 5.83. The van der Waals surface area contributed by atoms with Crippen LogP contribution in [0, 0.1) is 18.7 Å². The number of alkyl halides is 1. The molecule has 8 nitrogen and oxygen atoms in total. The summed E-state index contributed by atoms with van der Waals surface area (Å²) < 4.78 is 38.2. The highest BCUT2D eigenvalue weighted by atomic mass is 19.1. The second-order valence-corrected chi connectivity index (χ2v) is 10.9. The average Bonchev–Trinajstić information content (AvgIpc) is 3.30. The quantitative estimate of drug-likeness (QED) is 0.321. The van der Waals surface area contributed by atoms with E-state index in [1.807, 2.05) is 50.6 Å². The van der Waals surface area contributed by atoms with Gasteiger partial charge in [-0.2, -0.15) is 0 Å². The molecule has 0 bridgehead atoms. The second-order valence-electron chi connectivity index (χ2n) is 10.9. The Bertz CT molecular complexity index is 1350. The number of fused-ring (bicyclic) bond motifs is 1. The normalized spacial score (nSPS) is 19.0. The summed E-state index contributed by atoms with van der Waals surface area (Å²) in [6, 6.07) is 3.97. The molecule has 2 aliphatic rings. The van der Waals surface area contributed by atoms with E-state index in [2.05, 4.69) is 37.1 Å². The number of aryl methyl sites for hydroxylation is 1. The molecule has 0 saturated carbocycles. The van der Waals surface area contributed by atoms with Crippen molar-refractivity contribution in [3.8, 4) is 0 Å². The Morgan fingerprint density at radius 1 is 1.10 bits per heavy atom. The molecule has 0 aromatic carbocycles. The van der Waals surface area contributed by atoms with Crippen LogP contribution in [-0.4, -0.2) is 55.6 Å². The maximum absolute atomic E-state index is 15.2. The number of hydrogen-bond acceptors (Lipinski definition) is 7. The van der Waals surface area contributed by atoms with E-state index in [4.69, 9.17) is 4.74 Å². The molecular weight excluding hydrogens is 512 g/mol. The largest absolute Gasteiger partial charge is 0.373 e. The number of nitrogens with zero attached hydrogens (tertiary/aromatic N) is 6. The number of imidazole rings is 1. The number of halogens is 2. The Kier molecular flexibility index (Phi) is 8.56. The van der Waals surface area contributed by atoms with Crippen molar-refractivity contribution in [3.63, 3.8) is 0 Å². The van der Waals surface area contributed by atoms with Crippen molar-refractivity contribution in [1.82, 2.24) is 29.4 Å². The molecule has 1 N–H and O–H groups in total. The molecule has 1 fully saturated rings. The summed E-state index contributed by atoms with van der Waals surface area (Å²) in [5.74, 6) is 1.32. The summed E-state index contributed by atoms with van der Waals surface area (Å²) in [6.45, 7) is 14.0. The molecule has 1 saturated heterocycles. The van der Waals surface area contributed by atoms with Crippen molar-refractivity contribution in [2.24, 2.45) is 5.92 Å². The Balaban J connectivity index is 1.35. The fourth-order valence-electron chi connectivity index (χ4n) is 5.96. The first kappa shape index (κ1) is 28.3. The zero-order chi connectivity index (χ0) is 28.4. The predicted molar refractivity (Wildman–Crippen MR) is 152 cm³/mol. The van der Waals surface area contributed by atoms with Crippen molar-refractivity contribution >= 4 is 23.4 Å². The number of aromatic nitrogens is 5. The molecule has 4 heterocycles. The van der Waals surface area contributed by atoms with Crippen LogP contribution in [0.25, 0.3) is 11.6 Å². The fraction of sp³-hybridized carbons (Fsp3) is 0.533. The number of hydrogen-bond donors (Lipinski definition) is 1. The zero-order valence-corrected chi connectivity index (χ0v) is 24.0. The van der Waals surface area contributed by atoms with Gasteiger partial charge in [-0.25, -0.2) is 28.7 Å². The van der Waals surface area contributed by atoms with Gasteiger partial charge in [0.05, 0.1) is 18.0 Å². The summed E-state index contributed by atoms with van der Waals surface area (Å²) in [5.41, 5.74) is 2.65. The van der Waals surface area contributed by atoms with Gasteiger partial charge in [0.2, 0.25) is 5.95 Å². The first-order valence-corrected chi connectivity index (χ1v) is 14.3. The van der Waals surface area contributed by atoms with E-state index in [9.17, 15) is 4.39 Å². The van der Waals surface area contributed by atoms with E-state index in [1.54, 1.807) is 6.08 Å². The van der Waals surface area contributed by atoms with Gasteiger partial charge in [-0.05, 0) is 89.4 Å². The van der Waals surface area contributed by atoms with Gasteiger partial charge >= 0.3 is 0 Å². The zero-order valence-electron chi connectivity index (χ0n) is 24.0. The van der Waals surface area contributed by atoms with Crippen LogP contribution in [-0.2, 0) is 4.74 Å². The highest BCUT2D eigenvalue weighted by Gasteiger charge is 2.30. The molecule has 3 aromatic heterocycles. The van der Waals surface area contributed by atoms with E-state index in [-0.39, 0.29) is 30.2 Å². The molecule has 10 heteroatoms. The second kappa shape index (κ2) is 12.1. The van der Waals surface area contributed by atoms with E-state index in [0.29, 0.717) is 35.3 Å². The van der Waals surface area contributed by atoms with E-state index in [1.165, 1.54) is 0 Å². The fourth-order valence-corrected chi connectivity index (χ4v) is 5.96. The van der Waals surface area contributed by atoms with Crippen molar-refractivity contribution in [2.45, 2.75) is 72.2 Å². The molecule has 1 aliphatic heterocycles. The van der Waals surface area contributed by atoms with Crippen molar-refractivity contribution in [2.75, 3.05) is 31.6 Å². The first-order valence-electron chi connectivity index (χ1n) is 14.3. The van der Waals surface area contributed by atoms with E-state index in [0.717, 1.165) is 50.1 Å². The number of ether oxygens (including phenoxy) is 1. The monoisotopic (exact) mass is 551 g/mol. The first-order chi connectivity index (χ1) is 19.3. The molecule has 5 rings (SSSR count). The van der Waals surface area contributed by atoms with Crippen LogP contribution in [0.1, 0.15) is 93.7 Å². The van der Waals surface area contributed by atoms with Crippen LogP contribution in [0.5, 0.6) is 0 Å². The molecule has 1 aliphatic carbocycles. The lowest BCUT2D eigenvalue weighted by molar-refractivity contribution is -0.00488. The van der Waals surface area contributed by atoms with E-state index >= 15 is 4.39 Å². The van der Waals surface area contributed by atoms with E-state index < -0.39 is 12.0 Å². The summed E-state index contributed by atoms with van der Waals surface area (Å²) in [7, 11) is 0. The lowest BCUT2D eigenvalue weighted by atomic mass is 9.88. The van der Waals surface area contributed by atoms with Crippen LogP contribution in [0.15, 0.2) is 24.5 Å². The third-order valence-corrected chi connectivity index (χ3v) is 7.93. The van der Waals surface area contributed by atoms with Crippen LogP contribution in [0.3, 0.4) is 0 Å². The lowest BCUT2D eigenvalue weighted by Gasteiger charge is -2.35.